The number of benzene rings is 1. The van der Waals surface area contributed by atoms with E-state index in [-0.39, 0.29) is 5.91 Å². The molecular formula is C21H29N3O3. The molecule has 0 atom stereocenters. The summed E-state index contributed by atoms with van der Waals surface area (Å²) in [5.74, 6) is 3.13. The number of nitrogens with zero attached hydrogens (tertiary/aromatic N) is 3. The van der Waals surface area contributed by atoms with Crippen molar-refractivity contribution in [1.82, 2.24) is 14.5 Å². The highest BCUT2D eigenvalue weighted by Gasteiger charge is 2.27. The van der Waals surface area contributed by atoms with Crippen molar-refractivity contribution in [3.8, 4) is 11.5 Å². The van der Waals surface area contributed by atoms with Crippen molar-refractivity contribution < 1.29 is 14.3 Å². The minimum Gasteiger partial charge on any atom is -0.497 e. The summed E-state index contributed by atoms with van der Waals surface area (Å²) in [7, 11) is 3.24. The third-order valence-electron chi connectivity index (χ3n) is 5.30. The van der Waals surface area contributed by atoms with E-state index < -0.39 is 0 Å². The lowest BCUT2D eigenvalue weighted by Crippen LogP contribution is -2.39. The number of ether oxygens (including phenoxy) is 2. The molecule has 0 spiro atoms. The molecule has 0 saturated carbocycles. The molecule has 3 rings (SSSR count). The predicted octanol–water partition coefficient (Wildman–Crippen LogP) is 3.43. The van der Waals surface area contributed by atoms with E-state index in [1.807, 2.05) is 35.5 Å². The van der Waals surface area contributed by atoms with E-state index >= 15 is 0 Å². The lowest BCUT2D eigenvalue weighted by atomic mass is 9.95. The number of amides is 1. The molecule has 2 aromatic rings. The van der Waals surface area contributed by atoms with E-state index in [9.17, 15) is 4.79 Å². The lowest BCUT2D eigenvalue weighted by Gasteiger charge is -2.32. The third kappa shape index (κ3) is 4.26. The number of imidazole rings is 1. The molecule has 6 heteroatoms. The summed E-state index contributed by atoms with van der Waals surface area (Å²) >= 11 is 0. The van der Waals surface area contributed by atoms with Crippen molar-refractivity contribution >= 4 is 5.91 Å². The van der Waals surface area contributed by atoms with Gasteiger partial charge in [-0.05, 0) is 32.8 Å². The summed E-state index contributed by atoms with van der Waals surface area (Å²) in [5.41, 5.74) is 0.890. The molecule has 1 aliphatic rings. The molecule has 0 unspecified atom stereocenters. The van der Waals surface area contributed by atoms with Crippen LogP contribution in [0.2, 0.25) is 0 Å². The van der Waals surface area contributed by atoms with Crippen LogP contribution in [0, 0.1) is 0 Å². The number of aromatic nitrogens is 2. The van der Waals surface area contributed by atoms with Gasteiger partial charge in [0.15, 0.2) is 0 Å². The zero-order valence-electron chi connectivity index (χ0n) is 16.6. The number of carbonyl (C=O) groups is 1. The third-order valence-corrected chi connectivity index (χ3v) is 5.30. The fourth-order valence-electron chi connectivity index (χ4n) is 3.74. The van der Waals surface area contributed by atoms with Crippen LogP contribution < -0.4 is 9.47 Å². The van der Waals surface area contributed by atoms with Crippen molar-refractivity contribution in [1.29, 1.82) is 0 Å². The van der Waals surface area contributed by atoms with Gasteiger partial charge in [0, 0.05) is 49.1 Å². The zero-order chi connectivity index (χ0) is 19.4. The minimum absolute atomic E-state index is 0.143. The molecule has 1 aromatic carbocycles. The van der Waals surface area contributed by atoms with Gasteiger partial charge in [-0.15, -0.1) is 0 Å². The standard InChI is InChI=1S/C21H29N3O3/c1-15(2)24-12-9-22-21(24)16-7-10-23(11-8-16)20(25)13-17-5-6-18(26-3)14-19(17)27-4/h5-6,9,12,14-16H,7-8,10-11,13H2,1-4H3. The Kier molecular flexibility index (Phi) is 6.04. The highest BCUT2D eigenvalue weighted by Crippen LogP contribution is 2.30. The van der Waals surface area contributed by atoms with Crippen molar-refractivity contribution in [2.75, 3.05) is 27.3 Å². The number of carbonyl (C=O) groups excluding carboxylic acids is 1. The van der Waals surface area contributed by atoms with Crippen LogP contribution in [0.4, 0.5) is 0 Å². The molecule has 1 aromatic heterocycles. The molecule has 1 amide bonds. The maximum atomic E-state index is 12.8. The molecule has 0 aliphatic carbocycles. The fourth-order valence-corrected chi connectivity index (χ4v) is 3.74. The first-order valence-corrected chi connectivity index (χ1v) is 9.55. The Balaban J connectivity index is 1.61. The Morgan fingerprint density at radius 3 is 2.59 bits per heavy atom. The van der Waals surface area contributed by atoms with Crippen molar-refractivity contribution in [2.24, 2.45) is 0 Å². The molecule has 0 bridgehead atoms. The molecule has 1 aliphatic heterocycles. The normalized spacial score (nSPS) is 15.2. The number of likely N-dealkylation sites (tertiary alicyclic amines) is 1. The zero-order valence-corrected chi connectivity index (χ0v) is 16.6. The molecule has 2 heterocycles. The fraction of sp³-hybridized carbons (Fsp3) is 0.524. The maximum absolute atomic E-state index is 12.8. The number of hydrogen-bond donors (Lipinski definition) is 0. The van der Waals surface area contributed by atoms with Crippen LogP contribution in [0.3, 0.4) is 0 Å². The first-order valence-electron chi connectivity index (χ1n) is 9.55. The molecule has 0 radical (unpaired) electrons. The van der Waals surface area contributed by atoms with E-state index in [2.05, 4.69) is 23.4 Å². The van der Waals surface area contributed by atoms with Gasteiger partial charge in [-0.3, -0.25) is 4.79 Å². The largest absolute Gasteiger partial charge is 0.497 e. The average molecular weight is 371 g/mol. The Morgan fingerprint density at radius 2 is 1.96 bits per heavy atom. The van der Waals surface area contributed by atoms with E-state index in [1.165, 1.54) is 0 Å². The topological polar surface area (TPSA) is 56.6 Å². The summed E-state index contributed by atoms with van der Waals surface area (Å²) in [6, 6.07) is 6.00. The Labute approximate surface area is 161 Å². The van der Waals surface area contributed by atoms with Crippen molar-refractivity contribution in [3.63, 3.8) is 0 Å². The Hall–Kier alpha value is -2.50. The van der Waals surface area contributed by atoms with Crippen LogP contribution in [0.15, 0.2) is 30.6 Å². The highest BCUT2D eigenvalue weighted by molar-refractivity contribution is 5.79. The predicted molar refractivity (Wildman–Crippen MR) is 104 cm³/mol. The Bertz CT molecular complexity index is 777. The van der Waals surface area contributed by atoms with Gasteiger partial charge in [0.25, 0.3) is 0 Å². The summed E-state index contributed by atoms with van der Waals surface area (Å²) in [6.07, 6.45) is 6.18. The van der Waals surface area contributed by atoms with Crippen LogP contribution in [0.5, 0.6) is 11.5 Å². The Morgan fingerprint density at radius 1 is 1.22 bits per heavy atom. The van der Waals surface area contributed by atoms with Gasteiger partial charge >= 0.3 is 0 Å². The van der Waals surface area contributed by atoms with Gasteiger partial charge in [0.05, 0.1) is 20.6 Å². The second kappa shape index (κ2) is 8.46. The highest BCUT2D eigenvalue weighted by atomic mass is 16.5. The summed E-state index contributed by atoms with van der Waals surface area (Å²) in [4.78, 5) is 19.3. The number of rotatable bonds is 6. The van der Waals surface area contributed by atoms with Crippen LogP contribution in [0.25, 0.3) is 0 Å². The molecule has 1 fully saturated rings. The first kappa shape index (κ1) is 19.3. The van der Waals surface area contributed by atoms with E-state index in [0.717, 1.165) is 43.1 Å². The van der Waals surface area contributed by atoms with E-state index in [1.54, 1.807) is 14.2 Å². The smallest absolute Gasteiger partial charge is 0.227 e. The van der Waals surface area contributed by atoms with Gasteiger partial charge in [0.2, 0.25) is 5.91 Å². The van der Waals surface area contributed by atoms with Crippen LogP contribution in [-0.2, 0) is 11.2 Å². The SMILES string of the molecule is COc1ccc(CC(=O)N2CCC(c3nccn3C(C)C)CC2)c(OC)c1. The molecule has 146 valence electrons. The van der Waals surface area contributed by atoms with E-state index in [0.29, 0.717) is 24.1 Å². The second-order valence-corrected chi connectivity index (χ2v) is 7.30. The molecule has 6 nitrogen and oxygen atoms in total. The van der Waals surface area contributed by atoms with Crippen LogP contribution in [-0.4, -0.2) is 47.7 Å². The van der Waals surface area contributed by atoms with Crippen LogP contribution in [0.1, 0.15) is 50.0 Å². The van der Waals surface area contributed by atoms with Gasteiger partial charge < -0.3 is 18.9 Å². The second-order valence-electron chi connectivity index (χ2n) is 7.30. The summed E-state index contributed by atoms with van der Waals surface area (Å²) in [6.45, 7) is 5.89. The first-order chi connectivity index (χ1) is 13.0. The quantitative estimate of drug-likeness (QED) is 0.781. The average Bonchev–Trinajstić information content (AvgIpc) is 3.18. The van der Waals surface area contributed by atoms with Gasteiger partial charge in [-0.25, -0.2) is 4.98 Å². The summed E-state index contributed by atoms with van der Waals surface area (Å²) < 4.78 is 12.9. The van der Waals surface area contributed by atoms with Gasteiger partial charge in [-0.1, -0.05) is 6.07 Å². The minimum atomic E-state index is 0.143. The number of piperidine rings is 1. The van der Waals surface area contributed by atoms with Crippen molar-refractivity contribution in [3.05, 3.63) is 42.0 Å². The monoisotopic (exact) mass is 371 g/mol. The van der Waals surface area contributed by atoms with Gasteiger partial charge in [0.1, 0.15) is 17.3 Å². The maximum Gasteiger partial charge on any atom is 0.227 e. The number of methoxy groups -OCH3 is 2. The molecule has 27 heavy (non-hydrogen) atoms. The van der Waals surface area contributed by atoms with Gasteiger partial charge in [-0.2, -0.15) is 0 Å². The molecular weight excluding hydrogens is 342 g/mol. The number of hydrogen-bond acceptors (Lipinski definition) is 4. The van der Waals surface area contributed by atoms with E-state index in [4.69, 9.17) is 9.47 Å². The molecule has 1 saturated heterocycles. The lowest BCUT2D eigenvalue weighted by molar-refractivity contribution is -0.131. The van der Waals surface area contributed by atoms with Crippen molar-refractivity contribution in [2.45, 2.75) is 45.1 Å². The summed E-state index contributed by atoms with van der Waals surface area (Å²) in [5, 5.41) is 0. The van der Waals surface area contributed by atoms with Crippen LogP contribution >= 0.6 is 0 Å². The molecule has 0 N–H and O–H groups in total.